The minimum absolute atomic E-state index is 0.0479. The number of carboxylic acids is 1. The van der Waals surface area contributed by atoms with Crippen LogP contribution in [0.25, 0.3) is 0 Å². The second kappa shape index (κ2) is 7.39. The van der Waals surface area contributed by atoms with Gasteiger partial charge in [0.15, 0.2) is 0 Å². The molecule has 0 bridgehead atoms. The predicted molar refractivity (Wildman–Crippen MR) is 101 cm³/mol. The Bertz CT molecular complexity index is 648. The van der Waals surface area contributed by atoms with E-state index in [1.807, 2.05) is 4.90 Å². The summed E-state index contributed by atoms with van der Waals surface area (Å²) < 4.78 is 0. The molecule has 1 aliphatic carbocycles. The van der Waals surface area contributed by atoms with Gasteiger partial charge in [-0.3, -0.25) is 14.5 Å². The number of carboxylic acid groups (broad SMARTS) is 1. The smallest absolute Gasteiger partial charge is 0.303 e. The van der Waals surface area contributed by atoms with E-state index in [0.29, 0.717) is 19.4 Å². The van der Waals surface area contributed by atoms with Gasteiger partial charge in [-0.1, -0.05) is 30.3 Å². The highest BCUT2D eigenvalue weighted by molar-refractivity contribution is 5.79. The third kappa shape index (κ3) is 3.63. The van der Waals surface area contributed by atoms with Crippen LogP contribution in [0.4, 0.5) is 0 Å². The molecule has 142 valence electrons. The number of nitrogens with zero attached hydrogens (tertiary/aromatic N) is 2. The van der Waals surface area contributed by atoms with Crippen molar-refractivity contribution < 1.29 is 14.7 Å². The Morgan fingerprint density at radius 3 is 2.38 bits per heavy atom. The zero-order valence-electron chi connectivity index (χ0n) is 15.9. The van der Waals surface area contributed by atoms with Crippen LogP contribution < -0.4 is 0 Å². The molecule has 1 aromatic rings. The van der Waals surface area contributed by atoms with Gasteiger partial charge < -0.3 is 10.0 Å². The molecule has 1 saturated heterocycles. The fourth-order valence-electron chi connectivity index (χ4n) is 4.88. The first-order chi connectivity index (χ1) is 12.4. The first-order valence-corrected chi connectivity index (χ1v) is 9.60. The number of carbonyl (C=O) groups is 2. The molecule has 1 spiro atoms. The Hall–Kier alpha value is -1.88. The molecule has 2 fully saturated rings. The van der Waals surface area contributed by atoms with Gasteiger partial charge in [-0.25, -0.2) is 0 Å². The summed E-state index contributed by atoms with van der Waals surface area (Å²) in [5, 5.41) is 8.81. The predicted octanol–water partition coefficient (Wildman–Crippen LogP) is 3.10. The molecule has 1 heterocycles. The molecular weight excluding hydrogens is 328 g/mol. The lowest BCUT2D eigenvalue weighted by Gasteiger charge is -2.48. The van der Waals surface area contributed by atoms with Gasteiger partial charge in [-0.15, -0.1) is 0 Å². The Morgan fingerprint density at radius 1 is 1.15 bits per heavy atom. The zero-order valence-corrected chi connectivity index (χ0v) is 15.9. The summed E-state index contributed by atoms with van der Waals surface area (Å²) in [6, 6.07) is 10.7. The van der Waals surface area contributed by atoms with Gasteiger partial charge in [0.25, 0.3) is 0 Å². The van der Waals surface area contributed by atoms with E-state index < -0.39 is 5.97 Å². The lowest BCUT2D eigenvalue weighted by Crippen LogP contribution is -2.47. The van der Waals surface area contributed by atoms with Crippen LogP contribution in [0.3, 0.4) is 0 Å². The third-order valence-corrected chi connectivity index (χ3v) is 6.53. The summed E-state index contributed by atoms with van der Waals surface area (Å²) in [5.41, 5.74) is 1.49. The largest absolute Gasteiger partial charge is 0.481 e. The van der Waals surface area contributed by atoms with E-state index in [9.17, 15) is 9.59 Å². The molecule has 0 unspecified atom stereocenters. The molecule has 1 aromatic carbocycles. The summed E-state index contributed by atoms with van der Waals surface area (Å²) >= 11 is 0. The third-order valence-electron chi connectivity index (χ3n) is 6.53. The van der Waals surface area contributed by atoms with E-state index >= 15 is 0 Å². The van der Waals surface area contributed by atoms with E-state index in [2.05, 4.69) is 49.3 Å². The lowest BCUT2D eigenvalue weighted by atomic mass is 9.64. The SMILES string of the molecule is CN(C)[C@]1(c2ccccc2)CC[C@@]2(CC1)CC(=O)N(CCCC(=O)O)C2. The number of rotatable bonds is 6. The Kier molecular flexibility index (Phi) is 5.37. The summed E-state index contributed by atoms with van der Waals surface area (Å²) in [7, 11) is 4.31. The molecule has 2 aliphatic rings. The van der Waals surface area contributed by atoms with Crippen LogP contribution in [-0.4, -0.2) is 54.0 Å². The normalized spacial score (nSPS) is 28.9. The highest BCUT2D eigenvalue weighted by atomic mass is 16.4. The van der Waals surface area contributed by atoms with E-state index in [1.165, 1.54) is 5.56 Å². The van der Waals surface area contributed by atoms with Gasteiger partial charge >= 0.3 is 5.97 Å². The number of amides is 1. The molecule has 1 saturated carbocycles. The van der Waals surface area contributed by atoms with Crippen LogP contribution in [0.5, 0.6) is 0 Å². The van der Waals surface area contributed by atoms with Crippen molar-refractivity contribution in [2.75, 3.05) is 27.2 Å². The first-order valence-electron chi connectivity index (χ1n) is 9.60. The lowest BCUT2D eigenvalue weighted by molar-refractivity contribution is -0.137. The Labute approximate surface area is 156 Å². The van der Waals surface area contributed by atoms with Crippen molar-refractivity contribution in [3.63, 3.8) is 0 Å². The molecule has 0 aromatic heterocycles. The minimum Gasteiger partial charge on any atom is -0.481 e. The monoisotopic (exact) mass is 358 g/mol. The molecule has 1 aliphatic heterocycles. The second-order valence-corrected chi connectivity index (χ2v) is 8.28. The molecule has 5 nitrogen and oxygen atoms in total. The molecule has 0 atom stereocenters. The van der Waals surface area contributed by atoms with Crippen LogP contribution >= 0.6 is 0 Å². The maximum absolute atomic E-state index is 12.5. The molecule has 1 amide bonds. The summed E-state index contributed by atoms with van der Waals surface area (Å²) in [6.45, 7) is 1.37. The van der Waals surface area contributed by atoms with Crippen LogP contribution in [0, 0.1) is 5.41 Å². The summed E-state index contributed by atoms with van der Waals surface area (Å²) in [5.74, 6) is -0.588. The zero-order chi connectivity index (χ0) is 18.8. The second-order valence-electron chi connectivity index (χ2n) is 8.28. The molecule has 3 rings (SSSR count). The summed E-state index contributed by atoms with van der Waals surface area (Å²) in [4.78, 5) is 27.4. The maximum Gasteiger partial charge on any atom is 0.303 e. The van der Waals surface area contributed by atoms with Crippen LogP contribution in [0.1, 0.15) is 50.5 Å². The number of benzene rings is 1. The molecule has 0 radical (unpaired) electrons. The van der Waals surface area contributed by atoms with Gasteiger partial charge in [0.05, 0.1) is 0 Å². The van der Waals surface area contributed by atoms with Crippen molar-refractivity contribution >= 4 is 11.9 Å². The number of likely N-dealkylation sites (tertiary alicyclic amines) is 1. The highest BCUT2D eigenvalue weighted by Crippen LogP contribution is 2.52. The fourth-order valence-corrected chi connectivity index (χ4v) is 4.88. The van der Waals surface area contributed by atoms with Crippen molar-refractivity contribution in [3.05, 3.63) is 35.9 Å². The average molecular weight is 358 g/mol. The Morgan fingerprint density at radius 2 is 1.81 bits per heavy atom. The standard InChI is InChI=1S/C21H30N2O3/c1-22(2)21(17-7-4-3-5-8-17)12-10-20(11-13-21)15-18(24)23(16-20)14-6-9-19(25)26/h3-5,7-8H,6,9-16H2,1-2H3,(H,25,26)/t20-,21-. The molecule has 5 heteroatoms. The topological polar surface area (TPSA) is 60.9 Å². The quantitative estimate of drug-likeness (QED) is 0.849. The van der Waals surface area contributed by atoms with Crippen molar-refractivity contribution in [2.24, 2.45) is 5.41 Å². The van der Waals surface area contributed by atoms with E-state index in [-0.39, 0.29) is 23.3 Å². The number of aliphatic carboxylic acids is 1. The summed E-state index contributed by atoms with van der Waals surface area (Å²) in [6.07, 6.45) is 5.50. The van der Waals surface area contributed by atoms with Crippen molar-refractivity contribution in [3.8, 4) is 0 Å². The van der Waals surface area contributed by atoms with Crippen LogP contribution in [-0.2, 0) is 15.1 Å². The van der Waals surface area contributed by atoms with Gasteiger partial charge in [-0.05, 0) is 57.2 Å². The van der Waals surface area contributed by atoms with Crippen molar-refractivity contribution in [2.45, 2.75) is 50.5 Å². The van der Waals surface area contributed by atoms with Gasteiger partial charge in [0.1, 0.15) is 0 Å². The number of carbonyl (C=O) groups excluding carboxylic acids is 1. The van der Waals surface area contributed by atoms with Crippen LogP contribution in [0.2, 0.25) is 0 Å². The highest BCUT2D eigenvalue weighted by Gasteiger charge is 2.49. The van der Waals surface area contributed by atoms with Gasteiger partial charge in [0.2, 0.25) is 5.91 Å². The molecule has 1 N–H and O–H groups in total. The van der Waals surface area contributed by atoms with Crippen molar-refractivity contribution in [1.29, 1.82) is 0 Å². The van der Waals surface area contributed by atoms with Crippen LogP contribution in [0.15, 0.2) is 30.3 Å². The minimum atomic E-state index is -0.789. The van der Waals surface area contributed by atoms with Gasteiger partial charge in [-0.2, -0.15) is 0 Å². The average Bonchev–Trinajstić information content (AvgIpc) is 2.91. The maximum atomic E-state index is 12.5. The fraction of sp³-hybridized carbons (Fsp3) is 0.619. The van der Waals surface area contributed by atoms with E-state index in [4.69, 9.17) is 5.11 Å². The number of hydrogen-bond donors (Lipinski definition) is 1. The Balaban J connectivity index is 1.67. The van der Waals surface area contributed by atoms with E-state index in [0.717, 1.165) is 32.2 Å². The molecule has 26 heavy (non-hydrogen) atoms. The van der Waals surface area contributed by atoms with Gasteiger partial charge in [0, 0.05) is 31.5 Å². The van der Waals surface area contributed by atoms with E-state index in [1.54, 1.807) is 0 Å². The first kappa shape index (κ1) is 18.9. The van der Waals surface area contributed by atoms with Crippen molar-refractivity contribution in [1.82, 2.24) is 9.80 Å². The number of hydrogen-bond acceptors (Lipinski definition) is 3. The molecular formula is C21H30N2O3.